The van der Waals surface area contributed by atoms with Crippen LogP contribution in [0, 0.1) is 0 Å². The van der Waals surface area contributed by atoms with Gasteiger partial charge in [0.05, 0.1) is 13.7 Å². The molecule has 0 bridgehead atoms. The van der Waals surface area contributed by atoms with E-state index in [2.05, 4.69) is 18.7 Å². The summed E-state index contributed by atoms with van der Waals surface area (Å²) >= 11 is 0. The Kier molecular flexibility index (Phi) is 5.29. The number of ether oxygens (including phenoxy) is 1. The van der Waals surface area contributed by atoms with Crippen LogP contribution in [0.15, 0.2) is 18.2 Å². The molecule has 0 heterocycles. The van der Waals surface area contributed by atoms with Crippen LogP contribution in [0.5, 0.6) is 5.75 Å². The van der Waals surface area contributed by atoms with E-state index in [0.717, 1.165) is 36.5 Å². The maximum absolute atomic E-state index is 9.12. The number of rotatable bonds is 6. The zero-order valence-electron chi connectivity index (χ0n) is 10.4. The molecule has 0 aliphatic heterocycles. The lowest BCUT2D eigenvalue weighted by Gasteiger charge is -2.20. The van der Waals surface area contributed by atoms with E-state index >= 15 is 0 Å². The first-order valence-corrected chi connectivity index (χ1v) is 5.74. The summed E-state index contributed by atoms with van der Waals surface area (Å²) < 4.78 is 5.33. The predicted molar refractivity (Wildman–Crippen MR) is 65.5 cm³/mol. The van der Waals surface area contributed by atoms with Gasteiger partial charge < -0.3 is 9.84 Å². The van der Waals surface area contributed by atoms with Crippen molar-refractivity contribution in [1.29, 1.82) is 0 Å². The third-order valence-electron chi connectivity index (χ3n) is 2.82. The minimum Gasteiger partial charge on any atom is -0.496 e. The quantitative estimate of drug-likeness (QED) is 0.801. The third kappa shape index (κ3) is 3.22. The Morgan fingerprint density at radius 1 is 1.25 bits per heavy atom. The van der Waals surface area contributed by atoms with Crippen molar-refractivity contribution in [3.63, 3.8) is 0 Å². The lowest BCUT2D eigenvalue weighted by atomic mass is 10.1. The van der Waals surface area contributed by atoms with E-state index in [9.17, 15) is 0 Å². The molecule has 0 saturated carbocycles. The maximum atomic E-state index is 9.12. The standard InChI is InChI=1S/C13H21NO2/c1-4-14(5-2)9-12-8-11(10-15)6-7-13(12)16-3/h6-8,15H,4-5,9-10H2,1-3H3. The molecular weight excluding hydrogens is 202 g/mol. The van der Waals surface area contributed by atoms with Gasteiger partial charge in [0.15, 0.2) is 0 Å². The normalized spacial score (nSPS) is 10.8. The summed E-state index contributed by atoms with van der Waals surface area (Å²) in [6.07, 6.45) is 0. The lowest BCUT2D eigenvalue weighted by molar-refractivity contribution is 0.278. The van der Waals surface area contributed by atoms with Gasteiger partial charge in [-0.25, -0.2) is 0 Å². The second-order valence-corrected chi connectivity index (χ2v) is 3.77. The van der Waals surface area contributed by atoms with Gasteiger partial charge in [0.2, 0.25) is 0 Å². The van der Waals surface area contributed by atoms with Crippen molar-refractivity contribution in [2.75, 3.05) is 20.2 Å². The number of aliphatic hydroxyl groups is 1. The molecule has 90 valence electrons. The van der Waals surface area contributed by atoms with Gasteiger partial charge in [0, 0.05) is 12.1 Å². The van der Waals surface area contributed by atoms with E-state index in [-0.39, 0.29) is 6.61 Å². The van der Waals surface area contributed by atoms with E-state index < -0.39 is 0 Å². The van der Waals surface area contributed by atoms with Gasteiger partial charge >= 0.3 is 0 Å². The van der Waals surface area contributed by atoms with Crippen LogP contribution in [0.25, 0.3) is 0 Å². The van der Waals surface area contributed by atoms with E-state index in [4.69, 9.17) is 9.84 Å². The number of benzene rings is 1. The number of methoxy groups -OCH3 is 1. The van der Waals surface area contributed by atoms with E-state index in [1.807, 2.05) is 18.2 Å². The van der Waals surface area contributed by atoms with Crippen molar-refractivity contribution in [2.45, 2.75) is 27.0 Å². The zero-order chi connectivity index (χ0) is 12.0. The van der Waals surface area contributed by atoms with Crippen LogP contribution in [-0.2, 0) is 13.2 Å². The molecule has 0 aliphatic rings. The van der Waals surface area contributed by atoms with E-state index in [1.165, 1.54) is 0 Å². The van der Waals surface area contributed by atoms with Gasteiger partial charge in [-0.15, -0.1) is 0 Å². The smallest absolute Gasteiger partial charge is 0.123 e. The molecule has 0 unspecified atom stereocenters. The Balaban J connectivity index is 2.90. The van der Waals surface area contributed by atoms with Gasteiger partial charge in [-0.05, 0) is 30.8 Å². The van der Waals surface area contributed by atoms with Crippen molar-refractivity contribution in [2.24, 2.45) is 0 Å². The molecule has 1 rings (SSSR count). The van der Waals surface area contributed by atoms with Crippen LogP contribution in [-0.4, -0.2) is 30.2 Å². The summed E-state index contributed by atoms with van der Waals surface area (Å²) in [5.74, 6) is 0.893. The number of aliphatic hydroxyl groups excluding tert-OH is 1. The van der Waals surface area contributed by atoms with Crippen molar-refractivity contribution < 1.29 is 9.84 Å². The second-order valence-electron chi connectivity index (χ2n) is 3.77. The van der Waals surface area contributed by atoms with Crippen molar-refractivity contribution >= 4 is 0 Å². The predicted octanol–water partition coefficient (Wildman–Crippen LogP) is 2.03. The Labute approximate surface area is 97.7 Å². The molecule has 0 aliphatic carbocycles. The first kappa shape index (κ1) is 13.0. The maximum Gasteiger partial charge on any atom is 0.123 e. The SMILES string of the molecule is CCN(CC)Cc1cc(CO)ccc1OC. The topological polar surface area (TPSA) is 32.7 Å². The number of nitrogens with zero attached hydrogens (tertiary/aromatic N) is 1. The average Bonchev–Trinajstić information content (AvgIpc) is 2.35. The number of hydrogen-bond donors (Lipinski definition) is 1. The molecule has 1 aromatic rings. The summed E-state index contributed by atoms with van der Waals surface area (Å²) in [4.78, 5) is 2.32. The molecule has 0 aromatic heterocycles. The molecule has 0 fully saturated rings. The fraction of sp³-hybridized carbons (Fsp3) is 0.538. The first-order valence-electron chi connectivity index (χ1n) is 5.74. The van der Waals surface area contributed by atoms with Crippen LogP contribution in [0.1, 0.15) is 25.0 Å². The molecule has 0 atom stereocenters. The van der Waals surface area contributed by atoms with Crippen LogP contribution < -0.4 is 4.74 Å². The minimum absolute atomic E-state index is 0.0786. The van der Waals surface area contributed by atoms with Crippen LogP contribution >= 0.6 is 0 Å². The molecule has 0 radical (unpaired) electrons. The molecule has 16 heavy (non-hydrogen) atoms. The van der Waals surface area contributed by atoms with Crippen LogP contribution in [0.2, 0.25) is 0 Å². The van der Waals surface area contributed by atoms with Gasteiger partial charge in [0.25, 0.3) is 0 Å². The summed E-state index contributed by atoms with van der Waals surface area (Å²) in [5, 5.41) is 9.12. The highest BCUT2D eigenvalue weighted by atomic mass is 16.5. The Hall–Kier alpha value is -1.06. The van der Waals surface area contributed by atoms with Crippen molar-refractivity contribution in [3.05, 3.63) is 29.3 Å². The zero-order valence-corrected chi connectivity index (χ0v) is 10.4. The van der Waals surface area contributed by atoms with Gasteiger partial charge in [-0.1, -0.05) is 19.9 Å². The van der Waals surface area contributed by atoms with Gasteiger partial charge in [-0.2, -0.15) is 0 Å². The molecule has 3 heteroatoms. The average molecular weight is 223 g/mol. The van der Waals surface area contributed by atoms with Crippen molar-refractivity contribution in [1.82, 2.24) is 4.90 Å². The fourth-order valence-corrected chi connectivity index (χ4v) is 1.74. The molecule has 0 spiro atoms. The largest absolute Gasteiger partial charge is 0.496 e. The number of hydrogen-bond acceptors (Lipinski definition) is 3. The Morgan fingerprint density at radius 2 is 1.94 bits per heavy atom. The Morgan fingerprint density at radius 3 is 2.44 bits per heavy atom. The molecule has 3 nitrogen and oxygen atoms in total. The first-order chi connectivity index (χ1) is 7.74. The second kappa shape index (κ2) is 6.51. The van der Waals surface area contributed by atoms with E-state index in [1.54, 1.807) is 7.11 Å². The van der Waals surface area contributed by atoms with Crippen LogP contribution in [0.3, 0.4) is 0 Å². The molecule has 1 N–H and O–H groups in total. The highest BCUT2D eigenvalue weighted by Crippen LogP contribution is 2.21. The van der Waals surface area contributed by atoms with Crippen LogP contribution in [0.4, 0.5) is 0 Å². The Bertz CT molecular complexity index is 322. The summed E-state index contributed by atoms with van der Waals surface area (Å²) in [7, 11) is 1.68. The fourth-order valence-electron chi connectivity index (χ4n) is 1.74. The van der Waals surface area contributed by atoms with Crippen molar-refractivity contribution in [3.8, 4) is 5.75 Å². The molecular formula is C13H21NO2. The van der Waals surface area contributed by atoms with E-state index in [0.29, 0.717) is 0 Å². The summed E-state index contributed by atoms with van der Waals surface area (Å²) in [5.41, 5.74) is 2.07. The minimum atomic E-state index is 0.0786. The third-order valence-corrected chi connectivity index (χ3v) is 2.82. The lowest BCUT2D eigenvalue weighted by Crippen LogP contribution is -2.22. The summed E-state index contributed by atoms with van der Waals surface area (Å²) in [6, 6.07) is 5.83. The monoisotopic (exact) mass is 223 g/mol. The van der Waals surface area contributed by atoms with Gasteiger partial charge in [-0.3, -0.25) is 4.90 Å². The molecule has 0 amide bonds. The van der Waals surface area contributed by atoms with Gasteiger partial charge in [0.1, 0.15) is 5.75 Å². The summed E-state index contributed by atoms with van der Waals surface area (Å²) in [6.45, 7) is 7.27. The molecule has 1 aromatic carbocycles. The highest BCUT2D eigenvalue weighted by molar-refractivity contribution is 5.37. The molecule has 0 saturated heterocycles. The highest BCUT2D eigenvalue weighted by Gasteiger charge is 2.07.